The van der Waals surface area contributed by atoms with Crippen LogP contribution >= 0.6 is 23.8 Å². The lowest BCUT2D eigenvalue weighted by Crippen LogP contribution is -2.15. The summed E-state index contributed by atoms with van der Waals surface area (Å²) in [4.78, 5) is 0.179. The van der Waals surface area contributed by atoms with Crippen molar-refractivity contribution in [2.45, 2.75) is 6.42 Å². The SMILES string of the molecule is NC(=S)c1cc(F)ccc1NCCc1ccc(Cl)cc1. The molecule has 0 saturated carbocycles. The molecule has 0 radical (unpaired) electrons. The van der Waals surface area contributed by atoms with Crippen LogP contribution in [0.2, 0.25) is 5.02 Å². The van der Waals surface area contributed by atoms with E-state index in [0.29, 0.717) is 12.1 Å². The number of hydrogen-bond donors (Lipinski definition) is 2. The average molecular weight is 309 g/mol. The smallest absolute Gasteiger partial charge is 0.124 e. The lowest BCUT2D eigenvalue weighted by Gasteiger charge is -2.11. The molecule has 3 N–H and O–H groups in total. The Balaban J connectivity index is 2.00. The lowest BCUT2D eigenvalue weighted by molar-refractivity contribution is 0.627. The normalized spacial score (nSPS) is 10.3. The summed E-state index contributed by atoms with van der Waals surface area (Å²) >= 11 is 10.8. The molecule has 0 saturated heterocycles. The highest BCUT2D eigenvalue weighted by Crippen LogP contribution is 2.17. The number of nitrogens with two attached hydrogens (primary N) is 1. The Kier molecular flexibility index (Phi) is 4.93. The molecule has 0 amide bonds. The second-order valence-corrected chi connectivity index (χ2v) is 5.23. The van der Waals surface area contributed by atoms with Gasteiger partial charge in [-0.2, -0.15) is 0 Å². The first-order valence-corrected chi connectivity index (χ1v) is 6.92. The van der Waals surface area contributed by atoms with Crippen LogP contribution in [0, 0.1) is 5.82 Å². The summed E-state index contributed by atoms with van der Waals surface area (Å²) in [6.07, 6.45) is 0.825. The third-order valence-corrected chi connectivity index (χ3v) is 3.36. The quantitative estimate of drug-likeness (QED) is 0.826. The van der Waals surface area contributed by atoms with Gasteiger partial charge in [-0.25, -0.2) is 4.39 Å². The molecule has 0 fully saturated rings. The maximum Gasteiger partial charge on any atom is 0.124 e. The molecule has 0 aliphatic rings. The lowest BCUT2D eigenvalue weighted by atomic mass is 10.1. The molecule has 20 heavy (non-hydrogen) atoms. The molecule has 2 rings (SSSR count). The summed E-state index contributed by atoms with van der Waals surface area (Å²) in [5, 5.41) is 3.94. The van der Waals surface area contributed by atoms with Crippen LogP contribution in [0.15, 0.2) is 42.5 Å². The van der Waals surface area contributed by atoms with Gasteiger partial charge in [0.15, 0.2) is 0 Å². The predicted molar refractivity (Wildman–Crippen MR) is 85.9 cm³/mol. The molecule has 2 aromatic rings. The van der Waals surface area contributed by atoms with E-state index in [1.807, 2.05) is 24.3 Å². The van der Waals surface area contributed by atoms with Gasteiger partial charge in [0.1, 0.15) is 10.8 Å². The van der Waals surface area contributed by atoms with Crippen molar-refractivity contribution in [3.63, 3.8) is 0 Å². The number of rotatable bonds is 5. The van der Waals surface area contributed by atoms with E-state index in [0.717, 1.165) is 17.1 Å². The van der Waals surface area contributed by atoms with E-state index in [9.17, 15) is 4.39 Å². The van der Waals surface area contributed by atoms with Gasteiger partial charge in [-0.05, 0) is 42.3 Å². The molecular formula is C15H14ClFN2S. The summed E-state index contributed by atoms with van der Waals surface area (Å²) < 4.78 is 13.2. The Labute approximate surface area is 127 Å². The molecule has 0 spiro atoms. The van der Waals surface area contributed by atoms with Crippen LogP contribution in [0.5, 0.6) is 0 Å². The van der Waals surface area contributed by atoms with E-state index >= 15 is 0 Å². The van der Waals surface area contributed by atoms with Gasteiger partial charge in [-0.1, -0.05) is 36.0 Å². The number of halogens is 2. The predicted octanol–water partition coefficient (Wildman–Crippen LogP) is 3.77. The second-order valence-electron chi connectivity index (χ2n) is 4.36. The van der Waals surface area contributed by atoms with Crippen LogP contribution in [-0.4, -0.2) is 11.5 Å². The highest BCUT2D eigenvalue weighted by atomic mass is 35.5. The molecule has 0 aromatic heterocycles. The molecule has 0 unspecified atom stereocenters. The standard InChI is InChI=1S/C15H14ClFN2S/c16-11-3-1-10(2-4-11)7-8-19-14-6-5-12(17)9-13(14)15(18)20/h1-6,9,19H,7-8H2,(H2,18,20). The van der Waals surface area contributed by atoms with Gasteiger partial charge in [-0.3, -0.25) is 0 Å². The minimum Gasteiger partial charge on any atom is -0.389 e. The zero-order valence-corrected chi connectivity index (χ0v) is 12.3. The zero-order valence-electron chi connectivity index (χ0n) is 10.7. The van der Waals surface area contributed by atoms with Gasteiger partial charge in [0.25, 0.3) is 0 Å². The van der Waals surface area contributed by atoms with E-state index < -0.39 is 0 Å². The first kappa shape index (κ1) is 14.8. The summed E-state index contributed by atoms with van der Waals surface area (Å²) in [6, 6.07) is 12.0. The fourth-order valence-corrected chi connectivity index (χ4v) is 2.16. The van der Waals surface area contributed by atoms with Gasteiger partial charge in [0.05, 0.1) is 0 Å². The number of benzene rings is 2. The van der Waals surface area contributed by atoms with E-state index in [-0.39, 0.29) is 10.8 Å². The highest BCUT2D eigenvalue weighted by molar-refractivity contribution is 7.80. The molecular weight excluding hydrogens is 295 g/mol. The van der Waals surface area contributed by atoms with Gasteiger partial charge >= 0.3 is 0 Å². The minimum atomic E-state index is -0.351. The largest absolute Gasteiger partial charge is 0.389 e. The number of hydrogen-bond acceptors (Lipinski definition) is 2. The fraction of sp³-hybridized carbons (Fsp3) is 0.133. The van der Waals surface area contributed by atoms with Crippen LogP contribution < -0.4 is 11.1 Å². The van der Waals surface area contributed by atoms with Crippen molar-refractivity contribution in [2.75, 3.05) is 11.9 Å². The number of thiocarbonyl (C=S) groups is 1. The fourth-order valence-electron chi connectivity index (χ4n) is 1.87. The maximum atomic E-state index is 13.2. The van der Waals surface area contributed by atoms with Crippen LogP contribution in [0.4, 0.5) is 10.1 Å². The van der Waals surface area contributed by atoms with Crippen LogP contribution in [-0.2, 0) is 6.42 Å². The third-order valence-electron chi connectivity index (χ3n) is 2.89. The second kappa shape index (κ2) is 6.68. The summed E-state index contributed by atoms with van der Waals surface area (Å²) in [7, 11) is 0. The Morgan fingerprint density at radius 1 is 1.20 bits per heavy atom. The van der Waals surface area contributed by atoms with Crippen LogP contribution in [0.1, 0.15) is 11.1 Å². The molecule has 2 aromatic carbocycles. The van der Waals surface area contributed by atoms with E-state index in [2.05, 4.69) is 5.32 Å². The Bertz CT molecular complexity index is 614. The van der Waals surface area contributed by atoms with Crippen molar-refractivity contribution in [1.29, 1.82) is 0 Å². The van der Waals surface area contributed by atoms with Gasteiger partial charge < -0.3 is 11.1 Å². The zero-order chi connectivity index (χ0) is 14.5. The van der Waals surface area contributed by atoms with Crippen molar-refractivity contribution < 1.29 is 4.39 Å². The molecule has 0 aliphatic carbocycles. The van der Waals surface area contributed by atoms with Crippen molar-refractivity contribution in [3.8, 4) is 0 Å². The van der Waals surface area contributed by atoms with Crippen LogP contribution in [0.3, 0.4) is 0 Å². The molecule has 0 bridgehead atoms. The van der Waals surface area contributed by atoms with E-state index in [1.165, 1.54) is 17.7 Å². The van der Waals surface area contributed by atoms with Gasteiger partial charge in [-0.15, -0.1) is 0 Å². The van der Waals surface area contributed by atoms with Crippen LogP contribution in [0.25, 0.3) is 0 Å². The van der Waals surface area contributed by atoms with Crippen molar-refractivity contribution >= 4 is 34.5 Å². The number of nitrogens with one attached hydrogen (secondary N) is 1. The molecule has 0 atom stereocenters. The van der Waals surface area contributed by atoms with E-state index in [1.54, 1.807) is 6.07 Å². The summed E-state index contributed by atoms with van der Waals surface area (Å²) in [5.74, 6) is -0.351. The summed E-state index contributed by atoms with van der Waals surface area (Å²) in [6.45, 7) is 0.697. The topological polar surface area (TPSA) is 38.0 Å². The van der Waals surface area contributed by atoms with Crippen molar-refractivity contribution in [1.82, 2.24) is 0 Å². The molecule has 2 nitrogen and oxygen atoms in total. The first-order valence-electron chi connectivity index (χ1n) is 6.14. The molecule has 5 heteroatoms. The molecule has 0 aliphatic heterocycles. The van der Waals surface area contributed by atoms with Gasteiger partial charge in [0.2, 0.25) is 0 Å². The highest BCUT2D eigenvalue weighted by Gasteiger charge is 2.06. The number of anilines is 1. The third kappa shape index (κ3) is 3.92. The monoisotopic (exact) mass is 308 g/mol. The van der Waals surface area contributed by atoms with Crippen molar-refractivity contribution in [3.05, 3.63) is 64.4 Å². The van der Waals surface area contributed by atoms with Gasteiger partial charge in [0, 0.05) is 22.8 Å². The molecule has 104 valence electrons. The first-order chi connectivity index (χ1) is 9.56. The Morgan fingerprint density at radius 2 is 1.90 bits per heavy atom. The Morgan fingerprint density at radius 3 is 2.55 bits per heavy atom. The average Bonchev–Trinajstić information content (AvgIpc) is 2.42. The van der Waals surface area contributed by atoms with E-state index in [4.69, 9.17) is 29.6 Å². The van der Waals surface area contributed by atoms with Crippen molar-refractivity contribution in [2.24, 2.45) is 5.73 Å². The molecule has 0 heterocycles. The Hall–Kier alpha value is -1.65. The summed E-state index contributed by atoms with van der Waals surface area (Å²) in [5.41, 5.74) is 8.03. The minimum absolute atomic E-state index is 0.179. The maximum absolute atomic E-state index is 13.2.